The molecule has 0 saturated carbocycles. The van der Waals surface area contributed by atoms with Crippen molar-refractivity contribution in [2.75, 3.05) is 6.61 Å². The number of ether oxygens (including phenoxy) is 1. The Morgan fingerprint density at radius 3 is 2.63 bits per heavy atom. The van der Waals surface area contributed by atoms with Gasteiger partial charge in [0.1, 0.15) is 12.0 Å². The fourth-order valence-electron chi connectivity index (χ4n) is 2.30. The molecule has 0 atom stereocenters. The Morgan fingerprint density at radius 2 is 2.00 bits per heavy atom. The van der Waals surface area contributed by atoms with Crippen molar-refractivity contribution >= 4 is 6.29 Å². The van der Waals surface area contributed by atoms with Gasteiger partial charge in [-0.1, -0.05) is 44.9 Å². The lowest BCUT2D eigenvalue weighted by Gasteiger charge is -2.15. The summed E-state index contributed by atoms with van der Waals surface area (Å²) in [6.07, 6.45) is 7.60. The predicted molar refractivity (Wildman–Crippen MR) is 79.6 cm³/mol. The van der Waals surface area contributed by atoms with Gasteiger partial charge in [0.05, 0.1) is 6.61 Å². The first-order valence-corrected chi connectivity index (χ1v) is 7.46. The highest BCUT2D eigenvalue weighted by molar-refractivity contribution is 5.49. The molecule has 0 radical (unpaired) electrons. The van der Waals surface area contributed by atoms with Crippen molar-refractivity contribution in [3.63, 3.8) is 0 Å². The van der Waals surface area contributed by atoms with Gasteiger partial charge < -0.3 is 9.53 Å². The van der Waals surface area contributed by atoms with E-state index in [1.165, 1.54) is 24.8 Å². The number of hydrogen-bond donors (Lipinski definition) is 0. The third kappa shape index (κ3) is 5.91. The summed E-state index contributed by atoms with van der Waals surface area (Å²) in [7, 11) is 0. The molecule has 0 saturated heterocycles. The Morgan fingerprint density at radius 1 is 1.26 bits per heavy atom. The van der Waals surface area contributed by atoms with Gasteiger partial charge in [0.2, 0.25) is 0 Å². The molecule has 0 spiro atoms. The number of rotatable bonds is 5. The second kappa shape index (κ2) is 9.60. The summed E-state index contributed by atoms with van der Waals surface area (Å²) in [4.78, 5) is 9.94. The molecule has 0 aromatic heterocycles. The van der Waals surface area contributed by atoms with Gasteiger partial charge in [0.15, 0.2) is 0 Å². The summed E-state index contributed by atoms with van der Waals surface area (Å²) in [5, 5.41) is 0. The number of aryl methyl sites for hydroxylation is 1. The van der Waals surface area contributed by atoms with E-state index in [0.717, 1.165) is 43.8 Å². The molecule has 0 unspecified atom stereocenters. The van der Waals surface area contributed by atoms with Crippen molar-refractivity contribution in [2.24, 2.45) is 5.92 Å². The number of hydrogen-bond acceptors (Lipinski definition) is 2. The van der Waals surface area contributed by atoms with Crippen molar-refractivity contribution in [2.45, 2.75) is 52.4 Å². The molecular weight excluding hydrogens is 236 g/mol. The number of carbonyl (C=O) groups is 1. The highest BCUT2D eigenvalue weighted by Crippen LogP contribution is 2.23. The summed E-state index contributed by atoms with van der Waals surface area (Å²) in [5.74, 6) is 1.85. The average molecular weight is 262 g/mol. The monoisotopic (exact) mass is 262 g/mol. The number of carbonyl (C=O) groups excluding carboxylic acids is 1. The Hall–Kier alpha value is -1.31. The molecule has 0 amide bonds. The van der Waals surface area contributed by atoms with Gasteiger partial charge in [-0.25, -0.2) is 0 Å². The van der Waals surface area contributed by atoms with Crippen molar-refractivity contribution in [1.82, 2.24) is 0 Å². The lowest BCUT2D eigenvalue weighted by molar-refractivity contribution is -0.108. The minimum absolute atomic E-state index is 0.742. The summed E-state index contributed by atoms with van der Waals surface area (Å²) in [6.45, 7) is 5.24. The van der Waals surface area contributed by atoms with E-state index in [4.69, 9.17) is 4.74 Å². The molecule has 2 heteroatoms. The quantitative estimate of drug-likeness (QED) is 0.734. The van der Waals surface area contributed by atoms with Crippen LogP contribution in [0.4, 0.5) is 0 Å². The van der Waals surface area contributed by atoms with Gasteiger partial charge in [-0.05, 0) is 36.8 Å². The molecule has 2 nitrogen and oxygen atoms in total. The topological polar surface area (TPSA) is 26.3 Å². The van der Waals surface area contributed by atoms with Crippen LogP contribution in [0.3, 0.4) is 0 Å². The highest BCUT2D eigenvalue weighted by atomic mass is 16.5. The van der Waals surface area contributed by atoms with Crippen LogP contribution in [-0.2, 0) is 11.2 Å². The number of fused-ring (bicyclic) bond motifs is 1. The van der Waals surface area contributed by atoms with E-state index in [9.17, 15) is 4.79 Å². The molecule has 0 bridgehead atoms. The van der Waals surface area contributed by atoms with E-state index in [-0.39, 0.29) is 0 Å². The van der Waals surface area contributed by atoms with E-state index in [1.807, 2.05) is 12.1 Å². The van der Waals surface area contributed by atoms with Crippen molar-refractivity contribution < 1.29 is 9.53 Å². The second-order valence-corrected chi connectivity index (χ2v) is 4.99. The fourth-order valence-corrected chi connectivity index (χ4v) is 2.30. The molecule has 0 fully saturated rings. The van der Waals surface area contributed by atoms with E-state index in [2.05, 4.69) is 26.0 Å². The Kier molecular flexibility index (Phi) is 7.95. The molecule has 106 valence electrons. The Bertz CT molecular complexity index is 331. The van der Waals surface area contributed by atoms with Crippen LogP contribution >= 0.6 is 0 Å². The Balaban J connectivity index is 0.000000192. The summed E-state index contributed by atoms with van der Waals surface area (Å²) in [6, 6.07) is 8.25. The smallest absolute Gasteiger partial charge is 0.122 e. The molecule has 1 heterocycles. The first kappa shape index (κ1) is 15.7. The van der Waals surface area contributed by atoms with Crippen LogP contribution in [0.5, 0.6) is 5.75 Å². The molecule has 0 aliphatic carbocycles. The molecule has 1 aliphatic heterocycles. The van der Waals surface area contributed by atoms with Crippen molar-refractivity contribution in [3.8, 4) is 5.75 Å². The lowest BCUT2D eigenvalue weighted by atomic mass is 9.98. The van der Waals surface area contributed by atoms with Gasteiger partial charge in [0.25, 0.3) is 0 Å². The number of benzene rings is 1. The van der Waals surface area contributed by atoms with E-state index >= 15 is 0 Å². The maximum Gasteiger partial charge on any atom is 0.122 e. The normalized spacial score (nSPS) is 13.0. The molecule has 19 heavy (non-hydrogen) atoms. The minimum Gasteiger partial charge on any atom is -0.493 e. The van der Waals surface area contributed by atoms with Gasteiger partial charge >= 0.3 is 0 Å². The van der Waals surface area contributed by atoms with Crippen LogP contribution in [0.1, 0.15) is 51.5 Å². The molecule has 0 N–H and O–H groups in total. The summed E-state index contributed by atoms with van der Waals surface area (Å²) < 4.78 is 5.42. The van der Waals surface area contributed by atoms with Gasteiger partial charge in [-0.2, -0.15) is 0 Å². The number of aldehydes is 1. The van der Waals surface area contributed by atoms with Gasteiger partial charge in [-0.15, -0.1) is 0 Å². The zero-order valence-electron chi connectivity index (χ0n) is 12.2. The van der Waals surface area contributed by atoms with Crippen LogP contribution < -0.4 is 4.74 Å². The third-order valence-corrected chi connectivity index (χ3v) is 3.67. The van der Waals surface area contributed by atoms with Crippen molar-refractivity contribution in [1.29, 1.82) is 0 Å². The first-order valence-electron chi connectivity index (χ1n) is 7.46. The first-order chi connectivity index (χ1) is 9.31. The summed E-state index contributed by atoms with van der Waals surface area (Å²) in [5.41, 5.74) is 1.36. The van der Waals surface area contributed by atoms with E-state index in [1.54, 1.807) is 0 Å². The second-order valence-electron chi connectivity index (χ2n) is 4.99. The highest BCUT2D eigenvalue weighted by Gasteiger charge is 2.06. The van der Waals surface area contributed by atoms with Crippen LogP contribution in [0, 0.1) is 5.92 Å². The Labute approximate surface area is 117 Å². The van der Waals surface area contributed by atoms with Crippen LogP contribution in [-0.4, -0.2) is 12.9 Å². The van der Waals surface area contributed by atoms with Crippen LogP contribution in [0.15, 0.2) is 24.3 Å². The lowest BCUT2D eigenvalue weighted by Crippen LogP contribution is -2.07. The van der Waals surface area contributed by atoms with Crippen LogP contribution in [0.25, 0.3) is 0 Å². The largest absolute Gasteiger partial charge is 0.493 e. The fraction of sp³-hybridized carbons (Fsp3) is 0.588. The predicted octanol–water partition coefficient (Wildman–Crippen LogP) is 4.41. The molecule has 1 aromatic carbocycles. The average Bonchev–Trinajstić information content (AvgIpc) is 2.49. The van der Waals surface area contributed by atoms with E-state index < -0.39 is 0 Å². The molecule has 1 aliphatic rings. The molecular formula is C17H26O2. The van der Waals surface area contributed by atoms with Gasteiger partial charge in [-0.3, -0.25) is 0 Å². The number of para-hydroxylation sites is 1. The minimum atomic E-state index is 0.742. The maximum atomic E-state index is 9.94. The maximum absolute atomic E-state index is 9.94. The van der Waals surface area contributed by atoms with E-state index in [0.29, 0.717) is 0 Å². The third-order valence-electron chi connectivity index (χ3n) is 3.67. The van der Waals surface area contributed by atoms with Gasteiger partial charge in [0, 0.05) is 6.42 Å². The zero-order valence-corrected chi connectivity index (χ0v) is 12.2. The van der Waals surface area contributed by atoms with Crippen molar-refractivity contribution in [3.05, 3.63) is 29.8 Å². The SMILES string of the molecule is CCC(CC)CCC=O.c1ccc2c(c1)CCCO2. The summed E-state index contributed by atoms with van der Waals surface area (Å²) >= 11 is 0. The van der Waals surface area contributed by atoms with Crippen LogP contribution in [0.2, 0.25) is 0 Å². The zero-order chi connectivity index (χ0) is 13.9. The standard InChI is InChI=1S/C9H10O.C8H16O/c1-2-6-9-8(4-1)5-3-7-10-9;1-3-8(4-2)6-5-7-9/h1-2,4,6H,3,5,7H2;7-8H,3-6H2,1-2H3. The molecule has 2 rings (SSSR count). The molecule has 1 aromatic rings.